The van der Waals surface area contributed by atoms with Crippen molar-refractivity contribution in [2.75, 3.05) is 20.0 Å². The monoisotopic (exact) mass is 208 g/mol. The average Bonchev–Trinajstić information content (AvgIpc) is 2.30. The Hall–Kier alpha value is -0.970. The minimum absolute atomic E-state index is 0.105. The maximum atomic E-state index is 6.20. The summed E-state index contributed by atoms with van der Waals surface area (Å²) in [5, 5.41) is 0. The van der Waals surface area contributed by atoms with E-state index < -0.39 is 0 Å². The van der Waals surface area contributed by atoms with Crippen LogP contribution in [0.1, 0.15) is 18.5 Å². The van der Waals surface area contributed by atoms with Gasteiger partial charge in [0, 0.05) is 23.9 Å². The minimum atomic E-state index is -0.165. The van der Waals surface area contributed by atoms with Crippen LogP contribution in [0.2, 0.25) is 0 Å². The zero-order valence-electron chi connectivity index (χ0n) is 8.85. The van der Waals surface area contributed by atoms with E-state index >= 15 is 0 Å². The van der Waals surface area contributed by atoms with Crippen molar-refractivity contribution in [3.05, 3.63) is 30.1 Å². The third-order valence-corrected chi connectivity index (χ3v) is 2.82. The van der Waals surface area contributed by atoms with E-state index in [1.54, 1.807) is 12.4 Å². The zero-order valence-corrected chi connectivity index (χ0v) is 8.85. The lowest BCUT2D eigenvalue weighted by Gasteiger charge is -2.38. The molecule has 0 amide bonds. The molecule has 1 aliphatic heterocycles. The molecule has 1 unspecified atom stereocenters. The molecule has 1 aromatic heterocycles. The highest BCUT2D eigenvalue weighted by Gasteiger charge is 2.36. The number of ether oxygens (including phenoxy) is 2. The lowest BCUT2D eigenvalue weighted by Crippen LogP contribution is -2.43. The molecule has 0 radical (unpaired) electrons. The molecule has 2 rings (SSSR count). The van der Waals surface area contributed by atoms with Crippen molar-refractivity contribution < 1.29 is 9.47 Å². The molecule has 1 atom stereocenters. The van der Waals surface area contributed by atoms with E-state index in [2.05, 4.69) is 11.9 Å². The van der Waals surface area contributed by atoms with Gasteiger partial charge in [-0.05, 0) is 11.6 Å². The number of hydrogen-bond acceptors (Lipinski definition) is 4. The fraction of sp³-hybridized carbons (Fsp3) is 0.545. The van der Waals surface area contributed by atoms with Gasteiger partial charge in [-0.15, -0.1) is 0 Å². The van der Waals surface area contributed by atoms with Gasteiger partial charge in [0.05, 0.1) is 13.2 Å². The normalized spacial score (nSPS) is 22.3. The van der Waals surface area contributed by atoms with E-state index in [0.717, 1.165) is 5.56 Å². The van der Waals surface area contributed by atoms with Crippen LogP contribution < -0.4 is 5.73 Å². The Labute approximate surface area is 89.4 Å². The van der Waals surface area contributed by atoms with Gasteiger partial charge in [0.1, 0.15) is 6.79 Å². The van der Waals surface area contributed by atoms with Crippen molar-refractivity contribution in [3.8, 4) is 0 Å². The van der Waals surface area contributed by atoms with Crippen molar-refractivity contribution >= 4 is 0 Å². The van der Waals surface area contributed by atoms with Gasteiger partial charge in [-0.1, -0.05) is 13.0 Å². The zero-order chi connectivity index (χ0) is 10.7. The van der Waals surface area contributed by atoms with Crippen LogP contribution in [0, 0.1) is 5.41 Å². The summed E-state index contributed by atoms with van der Waals surface area (Å²) in [4.78, 5) is 4.07. The van der Waals surface area contributed by atoms with Crippen molar-refractivity contribution in [1.82, 2.24) is 4.98 Å². The number of nitrogens with two attached hydrogens (primary N) is 1. The predicted molar refractivity (Wildman–Crippen MR) is 56.0 cm³/mol. The van der Waals surface area contributed by atoms with Gasteiger partial charge in [-0.2, -0.15) is 0 Å². The first-order chi connectivity index (χ1) is 7.22. The summed E-state index contributed by atoms with van der Waals surface area (Å²) in [6.07, 6.45) is 3.54. The van der Waals surface area contributed by atoms with Gasteiger partial charge in [-0.3, -0.25) is 4.98 Å². The topological polar surface area (TPSA) is 57.4 Å². The van der Waals surface area contributed by atoms with Crippen LogP contribution in [0.3, 0.4) is 0 Å². The molecular formula is C11H16N2O2. The van der Waals surface area contributed by atoms with E-state index in [4.69, 9.17) is 15.2 Å². The first-order valence-electron chi connectivity index (χ1n) is 5.03. The third kappa shape index (κ3) is 2.17. The second kappa shape index (κ2) is 4.26. The molecule has 0 bridgehead atoms. The molecule has 4 nitrogen and oxygen atoms in total. The van der Waals surface area contributed by atoms with Crippen molar-refractivity contribution in [2.24, 2.45) is 11.1 Å². The first-order valence-corrected chi connectivity index (χ1v) is 5.03. The van der Waals surface area contributed by atoms with Gasteiger partial charge >= 0.3 is 0 Å². The summed E-state index contributed by atoms with van der Waals surface area (Å²) in [6.45, 7) is 3.70. The molecule has 2 heterocycles. The largest absolute Gasteiger partial charge is 0.355 e. The molecule has 0 aliphatic carbocycles. The fourth-order valence-electron chi connectivity index (χ4n) is 1.79. The highest BCUT2D eigenvalue weighted by molar-refractivity contribution is 5.16. The summed E-state index contributed by atoms with van der Waals surface area (Å²) in [7, 11) is 0. The van der Waals surface area contributed by atoms with Crippen LogP contribution in [-0.4, -0.2) is 25.0 Å². The van der Waals surface area contributed by atoms with Gasteiger partial charge in [0.2, 0.25) is 0 Å². The molecule has 0 aromatic carbocycles. The van der Waals surface area contributed by atoms with Gasteiger partial charge in [-0.25, -0.2) is 0 Å². The van der Waals surface area contributed by atoms with E-state index in [9.17, 15) is 0 Å². The number of aromatic nitrogens is 1. The molecular weight excluding hydrogens is 192 g/mol. The van der Waals surface area contributed by atoms with Crippen LogP contribution in [0.5, 0.6) is 0 Å². The van der Waals surface area contributed by atoms with Crippen molar-refractivity contribution in [1.29, 1.82) is 0 Å². The summed E-state index contributed by atoms with van der Waals surface area (Å²) < 4.78 is 10.6. The lowest BCUT2D eigenvalue weighted by molar-refractivity contribution is -0.166. The van der Waals surface area contributed by atoms with E-state index in [0.29, 0.717) is 20.0 Å². The van der Waals surface area contributed by atoms with Crippen LogP contribution in [0.4, 0.5) is 0 Å². The number of rotatable bonds is 2. The Morgan fingerprint density at radius 1 is 1.47 bits per heavy atom. The van der Waals surface area contributed by atoms with Gasteiger partial charge in [0.25, 0.3) is 0 Å². The predicted octanol–water partition coefficient (Wildman–Crippen LogP) is 1.09. The Morgan fingerprint density at radius 3 is 2.80 bits per heavy atom. The summed E-state index contributed by atoms with van der Waals surface area (Å²) in [5.74, 6) is 0. The molecule has 2 N–H and O–H groups in total. The summed E-state index contributed by atoms with van der Waals surface area (Å²) in [5.41, 5.74) is 7.06. The number of pyridine rings is 1. The van der Waals surface area contributed by atoms with E-state index in [1.807, 2.05) is 12.1 Å². The molecule has 1 aliphatic rings. The maximum absolute atomic E-state index is 6.20. The van der Waals surface area contributed by atoms with Gasteiger partial charge in [0.15, 0.2) is 0 Å². The Bertz CT molecular complexity index is 310. The quantitative estimate of drug-likeness (QED) is 0.790. The molecule has 0 saturated carbocycles. The molecule has 1 saturated heterocycles. The lowest BCUT2D eigenvalue weighted by atomic mass is 9.80. The minimum Gasteiger partial charge on any atom is -0.355 e. The second-order valence-electron chi connectivity index (χ2n) is 4.23. The van der Waals surface area contributed by atoms with E-state index in [-0.39, 0.29) is 11.5 Å². The smallest absolute Gasteiger partial charge is 0.146 e. The van der Waals surface area contributed by atoms with Crippen molar-refractivity contribution in [3.63, 3.8) is 0 Å². The Balaban J connectivity index is 2.16. The fourth-order valence-corrected chi connectivity index (χ4v) is 1.79. The maximum Gasteiger partial charge on any atom is 0.146 e. The highest BCUT2D eigenvalue weighted by atomic mass is 16.7. The molecule has 0 spiro atoms. The average molecular weight is 208 g/mol. The second-order valence-corrected chi connectivity index (χ2v) is 4.23. The van der Waals surface area contributed by atoms with Gasteiger partial charge < -0.3 is 15.2 Å². The molecule has 4 heteroatoms. The van der Waals surface area contributed by atoms with E-state index in [1.165, 1.54) is 0 Å². The van der Waals surface area contributed by atoms with Crippen molar-refractivity contribution in [2.45, 2.75) is 13.0 Å². The molecule has 15 heavy (non-hydrogen) atoms. The van der Waals surface area contributed by atoms with Crippen LogP contribution in [-0.2, 0) is 9.47 Å². The van der Waals surface area contributed by atoms with Crippen LogP contribution in [0.25, 0.3) is 0 Å². The standard InChI is InChI=1S/C11H16N2O2/c1-11(6-14-8-15-7-11)10(12)9-3-2-4-13-5-9/h2-5,10H,6-8,12H2,1H3. The Morgan fingerprint density at radius 2 is 2.20 bits per heavy atom. The first kappa shape index (κ1) is 10.5. The molecule has 82 valence electrons. The number of nitrogens with zero attached hydrogens (tertiary/aromatic N) is 1. The SMILES string of the molecule is CC1(C(N)c2cccnc2)COCOC1. The Kier molecular flexibility index (Phi) is 3.00. The number of hydrogen-bond donors (Lipinski definition) is 1. The molecule has 1 aromatic rings. The van der Waals surface area contributed by atoms with Crippen LogP contribution >= 0.6 is 0 Å². The third-order valence-electron chi connectivity index (χ3n) is 2.82. The summed E-state index contributed by atoms with van der Waals surface area (Å²) in [6, 6.07) is 3.77. The summed E-state index contributed by atoms with van der Waals surface area (Å²) >= 11 is 0. The highest BCUT2D eigenvalue weighted by Crippen LogP contribution is 2.33. The molecule has 1 fully saturated rings. The van der Waals surface area contributed by atoms with Crippen LogP contribution in [0.15, 0.2) is 24.5 Å².